The number of halogens is 1. The highest BCUT2D eigenvalue weighted by molar-refractivity contribution is 6.32. The second kappa shape index (κ2) is 12.5. The summed E-state index contributed by atoms with van der Waals surface area (Å²) in [7, 11) is 0. The molecule has 0 bridgehead atoms. The van der Waals surface area contributed by atoms with Gasteiger partial charge in [-0.05, 0) is 62.4 Å². The van der Waals surface area contributed by atoms with Gasteiger partial charge in [0, 0.05) is 37.3 Å². The van der Waals surface area contributed by atoms with E-state index < -0.39 is 5.97 Å². The lowest BCUT2D eigenvalue weighted by atomic mass is 10.1. The van der Waals surface area contributed by atoms with Gasteiger partial charge < -0.3 is 24.6 Å². The first-order valence-corrected chi connectivity index (χ1v) is 12.9. The Morgan fingerprint density at radius 2 is 1.55 bits per heavy atom. The molecular formula is C29H30ClN3O5. The van der Waals surface area contributed by atoms with Gasteiger partial charge in [0.05, 0.1) is 35.2 Å². The Morgan fingerprint density at radius 1 is 0.842 bits per heavy atom. The summed E-state index contributed by atoms with van der Waals surface area (Å²) < 4.78 is 10.6. The molecule has 0 aromatic heterocycles. The van der Waals surface area contributed by atoms with Gasteiger partial charge in [-0.1, -0.05) is 29.8 Å². The Labute approximate surface area is 227 Å². The highest BCUT2D eigenvalue weighted by Crippen LogP contribution is 2.31. The number of hydrogen-bond donors (Lipinski definition) is 1. The van der Waals surface area contributed by atoms with Crippen LogP contribution in [0.3, 0.4) is 0 Å². The maximum Gasteiger partial charge on any atom is 0.338 e. The van der Waals surface area contributed by atoms with E-state index in [0.29, 0.717) is 65.9 Å². The predicted octanol–water partition coefficient (Wildman–Crippen LogP) is 5.13. The number of hydrogen-bond acceptors (Lipinski definition) is 6. The van der Waals surface area contributed by atoms with Crippen LogP contribution in [0.5, 0.6) is 5.75 Å². The minimum atomic E-state index is -0.475. The van der Waals surface area contributed by atoms with Crippen LogP contribution in [0.2, 0.25) is 5.02 Å². The maximum atomic E-state index is 13.2. The van der Waals surface area contributed by atoms with Crippen molar-refractivity contribution >= 4 is 40.8 Å². The van der Waals surface area contributed by atoms with E-state index in [1.165, 1.54) is 0 Å². The molecule has 1 fully saturated rings. The smallest absolute Gasteiger partial charge is 0.338 e. The zero-order chi connectivity index (χ0) is 27.1. The van der Waals surface area contributed by atoms with E-state index in [1.807, 2.05) is 42.2 Å². The first-order valence-electron chi connectivity index (χ1n) is 12.6. The molecule has 0 aliphatic carbocycles. The van der Waals surface area contributed by atoms with Crippen LogP contribution in [0, 0.1) is 0 Å². The van der Waals surface area contributed by atoms with E-state index in [-0.39, 0.29) is 18.4 Å². The topological polar surface area (TPSA) is 88.2 Å². The van der Waals surface area contributed by atoms with Crippen LogP contribution in [0.4, 0.5) is 11.4 Å². The normalized spacial score (nSPS) is 13.1. The molecule has 9 heteroatoms. The summed E-state index contributed by atoms with van der Waals surface area (Å²) in [6, 6.07) is 19.1. The molecule has 1 saturated heterocycles. The van der Waals surface area contributed by atoms with Crippen molar-refractivity contribution in [2.24, 2.45) is 0 Å². The van der Waals surface area contributed by atoms with Crippen molar-refractivity contribution in [2.45, 2.75) is 13.8 Å². The second-order valence-corrected chi connectivity index (χ2v) is 9.04. The fourth-order valence-corrected chi connectivity index (χ4v) is 4.51. The summed E-state index contributed by atoms with van der Waals surface area (Å²) in [5.41, 5.74) is 2.54. The predicted molar refractivity (Wildman–Crippen MR) is 148 cm³/mol. The Kier molecular flexibility index (Phi) is 8.86. The number of nitrogens with one attached hydrogen (secondary N) is 1. The summed E-state index contributed by atoms with van der Waals surface area (Å²) in [5.74, 6) is -0.366. The summed E-state index contributed by atoms with van der Waals surface area (Å²) in [4.78, 5) is 42.4. The van der Waals surface area contributed by atoms with Crippen LogP contribution in [0.15, 0.2) is 66.7 Å². The number of nitrogens with zero attached hydrogens (tertiary/aromatic N) is 2. The largest absolute Gasteiger partial charge is 0.492 e. The molecule has 1 heterocycles. The van der Waals surface area contributed by atoms with Gasteiger partial charge in [0.15, 0.2) is 0 Å². The van der Waals surface area contributed by atoms with Crippen LogP contribution >= 0.6 is 11.6 Å². The molecule has 4 rings (SSSR count). The van der Waals surface area contributed by atoms with Gasteiger partial charge in [-0.25, -0.2) is 4.79 Å². The Bertz CT molecular complexity index is 1310. The number of amides is 2. The molecule has 2 amide bonds. The molecule has 1 N–H and O–H groups in total. The Morgan fingerprint density at radius 3 is 2.21 bits per heavy atom. The first kappa shape index (κ1) is 27.0. The molecule has 38 heavy (non-hydrogen) atoms. The molecule has 0 atom stereocenters. The number of piperazine rings is 1. The van der Waals surface area contributed by atoms with E-state index in [4.69, 9.17) is 21.1 Å². The van der Waals surface area contributed by atoms with Crippen molar-refractivity contribution in [2.75, 3.05) is 49.6 Å². The third-order valence-corrected chi connectivity index (χ3v) is 6.47. The lowest BCUT2D eigenvalue weighted by Crippen LogP contribution is -2.49. The summed E-state index contributed by atoms with van der Waals surface area (Å²) in [5, 5.41) is 3.26. The molecule has 1 aliphatic heterocycles. The van der Waals surface area contributed by atoms with E-state index in [0.717, 1.165) is 5.69 Å². The average molecular weight is 536 g/mol. The molecule has 0 saturated carbocycles. The van der Waals surface area contributed by atoms with Crippen molar-refractivity contribution in [1.29, 1.82) is 0 Å². The highest BCUT2D eigenvalue weighted by atomic mass is 35.5. The number of rotatable bonds is 8. The van der Waals surface area contributed by atoms with Gasteiger partial charge in [0.1, 0.15) is 5.75 Å². The van der Waals surface area contributed by atoms with Crippen LogP contribution in [0.1, 0.15) is 44.9 Å². The number of ether oxygens (including phenoxy) is 2. The van der Waals surface area contributed by atoms with Crippen molar-refractivity contribution in [3.05, 3.63) is 88.4 Å². The molecule has 0 unspecified atom stereocenters. The molecule has 198 valence electrons. The Balaban J connectivity index is 1.55. The SMILES string of the molecule is CCOC(=O)c1ccc(N2CCN(C(=O)c3ccccc3)CC2)c(NC(=O)c2ccc(OCC)c(Cl)c2)c1. The van der Waals surface area contributed by atoms with Gasteiger partial charge in [-0.3, -0.25) is 9.59 Å². The van der Waals surface area contributed by atoms with E-state index in [2.05, 4.69) is 10.2 Å². The second-order valence-electron chi connectivity index (χ2n) is 8.63. The fraction of sp³-hybridized carbons (Fsp3) is 0.276. The van der Waals surface area contributed by atoms with Gasteiger partial charge in [0.2, 0.25) is 0 Å². The molecule has 3 aromatic rings. The van der Waals surface area contributed by atoms with Crippen LogP contribution in [-0.4, -0.2) is 62.1 Å². The van der Waals surface area contributed by atoms with Gasteiger partial charge in [0.25, 0.3) is 11.8 Å². The number of esters is 1. The zero-order valence-corrected chi connectivity index (χ0v) is 22.2. The zero-order valence-electron chi connectivity index (χ0n) is 21.4. The quantitative estimate of drug-likeness (QED) is 0.402. The Hall–Kier alpha value is -4.04. The lowest BCUT2D eigenvalue weighted by Gasteiger charge is -2.37. The third-order valence-electron chi connectivity index (χ3n) is 6.18. The molecule has 1 aliphatic rings. The summed E-state index contributed by atoms with van der Waals surface area (Å²) >= 11 is 6.29. The minimum Gasteiger partial charge on any atom is -0.492 e. The highest BCUT2D eigenvalue weighted by Gasteiger charge is 2.25. The third kappa shape index (κ3) is 6.26. The number of benzene rings is 3. The van der Waals surface area contributed by atoms with E-state index in [1.54, 1.807) is 43.3 Å². The minimum absolute atomic E-state index is 0.0104. The maximum absolute atomic E-state index is 13.2. The van der Waals surface area contributed by atoms with Gasteiger partial charge in [-0.15, -0.1) is 0 Å². The monoisotopic (exact) mass is 535 g/mol. The van der Waals surface area contributed by atoms with E-state index >= 15 is 0 Å². The molecule has 8 nitrogen and oxygen atoms in total. The molecule has 0 spiro atoms. The number of carbonyl (C=O) groups is 3. The van der Waals surface area contributed by atoms with Crippen molar-refractivity contribution < 1.29 is 23.9 Å². The van der Waals surface area contributed by atoms with Crippen LogP contribution in [-0.2, 0) is 4.74 Å². The molecule has 3 aromatic carbocycles. The van der Waals surface area contributed by atoms with Gasteiger partial charge >= 0.3 is 5.97 Å². The van der Waals surface area contributed by atoms with Crippen LogP contribution < -0.4 is 15.0 Å². The van der Waals surface area contributed by atoms with Crippen molar-refractivity contribution in [3.63, 3.8) is 0 Å². The molecule has 0 radical (unpaired) electrons. The van der Waals surface area contributed by atoms with Crippen LogP contribution in [0.25, 0.3) is 0 Å². The summed E-state index contributed by atoms with van der Waals surface area (Å²) in [6.07, 6.45) is 0. The summed E-state index contributed by atoms with van der Waals surface area (Å²) in [6.45, 7) is 6.46. The fourth-order valence-electron chi connectivity index (χ4n) is 4.28. The van der Waals surface area contributed by atoms with Crippen molar-refractivity contribution in [1.82, 2.24) is 4.90 Å². The standard InChI is InChI=1S/C29H30ClN3O5/c1-3-37-26-13-11-21(18-23(26)30)27(34)31-24-19-22(29(36)38-4-2)10-12-25(24)32-14-16-33(17-15-32)28(35)20-8-6-5-7-9-20/h5-13,18-19H,3-4,14-17H2,1-2H3,(H,31,34). The molecular weight excluding hydrogens is 506 g/mol. The van der Waals surface area contributed by atoms with Crippen molar-refractivity contribution in [3.8, 4) is 5.75 Å². The van der Waals surface area contributed by atoms with Gasteiger partial charge in [-0.2, -0.15) is 0 Å². The number of carbonyl (C=O) groups excluding carboxylic acids is 3. The number of anilines is 2. The lowest BCUT2D eigenvalue weighted by molar-refractivity contribution is 0.0526. The van der Waals surface area contributed by atoms with E-state index in [9.17, 15) is 14.4 Å². The first-order chi connectivity index (χ1) is 18.4. The average Bonchev–Trinajstić information content (AvgIpc) is 2.94.